The van der Waals surface area contributed by atoms with Gasteiger partial charge in [-0.2, -0.15) is 0 Å². The predicted octanol–water partition coefficient (Wildman–Crippen LogP) is 3.93. The summed E-state index contributed by atoms with van der Waals surface area (Å²) >= 11 is 1.44. The molecule has 168 valence electrons. The highest BCUT2D eigenvalue weighted by atomic mass is 32.1. The minimum Gasteiger partial charge on any atom is -0.365 e. The number of anilines is 1. The number of nitrogens with two attached hydrogens (primary N) is 1. The molecule has 0 bridgehead atoms. The van der Waals surface area contributed by atoms with Crippen molar-refractivity contribution in [2.45, 2.75) is 44.7 Å². The summed E-state index contributed by atoms with van der Waals surface area (Å²) in [5.74, 6) is -1.00. The Bertz CT molecular complexity index is 1230. The predicted molar refractivity (Wildman–Crippen MR) is 128 cm³/mol. The second-order valence-corrected chi connectivity index (χ2v) is 9.66. The highest BCUT2D eigenvalue weighted by Gasteiger charge is 2.36. The normalized spacial score (nSPS) is 17.1. The fraction of sp³-hybridized carbons (Fsp3) is 0.269. The highest BCUT2D eigenvalue weighted by Crippen LogP contribution is 2.38. The summed E-state index contributed by atoms with van der Waals surface area (Å²) in [6.07, 6.45) is 4.19. The third-order valence-electron chi connectivity index (χ3n) is 6.49. The van der Waals surface area contributed by atoms with Crippen molar-refractivity contribution in [3.05, 3.63) is 87.3 Å². The van der Waals surface area contributed by atoms with E-state index in [4.69, 9.17) is 5.73 Å². The molecular formula is C26H25N3O3S. The van der Waals surface area contributed by atoms with Crippen LogP contribution in [-0.2, 0) is 30.6 Å². The molecule has 1 unspecified atom stereocenters. The van der Waals surface area contributed by atoms with Gasteiger partial charge in [-0.15, -0.1) is 11.3 Å². The molecule has 3 amide bonds. The summed E-state index contributed by atoms with van der Waals surface area (Å²) in [5, 5.41) is 3.48. The van der Waals surface area contributed by atoms with E-state index in [1.165, 1.54) is 11.3 Å². The smallest absolute Gasteiger partial charge is 0.254 e. The summed E-state index contributed by atoms with van der Waals surface area (Å²) in [6.45, 7) is 0.353. The van der Waals surface area contributed by atoms with Gasteiger partial charge in [0.15, 0.2) is 0 Å². The van der Waals surface area contributed by atoms with Crippen LogP contribution in [0.2, 0.25) is 0 Å². The van der Waals surface area contributed by atoms with Crippen LogP contribution in [0.3, 0.4) is 0 Å². The second kappa shape index (κ2) is 8.83. The minimum atomic E-state index is -0.688. The van der Waals surface area contributed by atoms with Crippen LogP contribution in [0.5, 0.6) is 0 Å². The molecule has 1 aliphatic carbocycles. The zero-order valence-electron chi connectivity index (χ0n) is 18.2. The van der Waals surface area contributed by atoms with Crippen LogP contribution in [0, 0.1) is 0 Å². The van der Waals surface area contributed by atoms with Crippen LogP contribution in [0.25, 0.3) is 0 Å². The van der Waals surface area contributed by atoms with Gasteiger partial charge < -0.3 is 16.0 Å². The van der Waals surface area contributed by atoms with E-state index in [2.05, 4.69) is 5.32 Å². The lowest BCUT2D eigenvalue weighted by Gasteiger charge is -2.36. The summed E-state index contributed by atoms with van der Waals surface area (Å²) in [5.41, 5.74) is 9.74. The molecule has 7 heteroatoms. The maximum absolute atomic E-state index is 13.6. The molecule has 33 heavy (non-hydrogen) atoms. The Morgan fingerprint density at radius 3 is 2.39 bits per heavy atom. The Labute approximate surface area is 196 Å². The van der Waals surface area contributed by atoms with Crippen LogP contribution >= 0.6 is 11.3 Å². The van der Waals surface area contributed by atoms with E-state index in [1.54, 1.807) is 17.0 Å². The van der Waals surface area contributed by atoms with Gasteiger partial charge in [-0.1, -0.05) is 42.5 Å². The Morgan fingerprint density at radius 1 is 0.939 bits per heavy atom. The van der Waals surface area contributed by atoms with Gasteiger partial charge in [-0.3, -0.25) is 14.4 Å². The lowest BCUT2D eigenvalue weighted by atomic mass is 9.92. The summed E-state index contributed by atoms with van der Waals surface area (Å²) in [7, 11) is 0. The first-order chi connectivity index (χ1) is 16.0. The fourth-order valence-electron chi connectivity index (χ4n) is 4.83. The molecule has 0 spiro atoms. The number of nitrogens with one attached hydrogen (secondary N) is 1. The van der Waals surface area contributed by atoms with E-state index in [1.807, 2.05) is 42.5 Å². The van der Waals surface area contributed by atoms with E-state index < -0.39 is 11.9 Å². The maximum Gasteiger partial charge on any atom is 0.254 e. The number of aryl methyl sites for hydroxylation is 1. The molecule has 2 heterocycles. The molecule has 1 aromatic heterocycles. The molecular weight excluding hydrogens is 434 g/mol. The fourth-order valence-corrected chi connectivity index (χ4v) is 6.12. The molecule has 0 fully saturated rings. The van der Waals surface area contributed by atoms with Crippen molar-refractivity contribution in [2.24, 2.45) is 5.73 Å². The average Bonchev–Trinajstić information content (AvgIpc) is 3.21. The Kier molecular flexibility index (Phi) is 5.72. The first kappa shape index (κ1) is 21.4. The number of carbonyl (C=O) groups excluding carboxylic acids is 3. The molecule has 2 aromatic carbocycles. The number of carbonyl (C=O) groups is 3. The van der Waals surface area contributed by atoms with Crippen molar-refractivity contribution in [3.63, 3.8) is 0 Å². The van der Waals surface area contributed by atoms with Crippen molar-refractivity contribution < 1.29 is 14.4 Å². The minimum absolute atomic E-state index is 0.189. The third kappa shape index (κ3) is 4.04. The quantitative estimate of drug-likeness (QED) is 0.619. The number of rotatable bonds is 4. The van der Waals surface area contributed by atoms with Crippen LogP contribution < -0.4 is 11.1 Å². The first-order valence-corrected chi connectivity index (χ1v) is 12.0. The molecule has 0 saturated heterocycles. The lowest BCUT2D eigenvalue weighted by Crippen LogP contribution is -2.50. The number of thiophene rings is 1. The van der Waals surface area contributed by atoms with Gasteiger partial charge in [0, 0.05) is 23.4 Å². The van der Waals surface area contributed by atoms with E-state index in [0.717, 1.165) is 47.3 Å². The summed E-state index contributed by atoms with van der Waals surface area (Å²) in [6, 6.07) is 16.2. The largest absolute Gasteiger partial charge is 0.365 e. The lowest BCUT2D eigenvalue weighted by molar-refractivity contribution is -0.121. The molecule has 0 radical (unpaired) electrons. The molecule has 0 saturated carbocycles. The zero-order chi connectivity index (χ0) is 22.9. The number of nitrogens with zero attached hydrogens (tertiary/aromatic N) is 1. The molecule has 5 rings (SSSR count). The second-order valence-electron chi connectivity index (χ2n) is 8.56. The van der Waals surface area contributed by atoms with Crippen molar-refractivity contribution in [3.8, 4) is 0 Å². The molecule has 3 N–H and O–H groups in total. The highest BCUT2D eigenvalue weighted by molar-refractivity contribution is 7.17. The van der Waals surface area contributed by atoms with Gasteiger partial charge in [0.2, 0.25) is 5.91 Å². The third-order valence-corrected chi connectivity index (χ3v) is 7.69. The van der Waals surface area contributed by atoms with Crippen molar-refractivity contribution in [2.75, 3.05) is 5.32 Å². The Morgan fingerprint density at radius 2 is 1.64 bits per heavy atom. The number of benzene rings is 2. The Hall–Kier alpha value is -3.45. The molecule has 6 nitrogen and oxygen atoms in total. The maximum atomic E-state index is 13.6. The summed E-state index contributed by atoms with van der Waals surface area (Å²) in [4.78, 5) is 41.9. The van der Waals surface area contributed by atoms with E-state index in [-0.39, 0.29) is 11.8 Å². The van der Waals surface area contributed by atoms with Crippen LogP contribution in [0.15, 0.2) is 54.6 Å². The summed E-state index contributed by atoms with van der Waals surface area (Å²) < 4.78 is 0. The van der Waals surface area contributed by atoms with Crippen molar-refractivity contribution in [1.29, 1.82) is 0 Å². The van der Waals surface area contributed by atoms with Gasteiger partial charge in [-0.25, -0.2) is 0 Å². The monoisotopic (exact) mass is 459 g/mol. The topological polar surface area (TPSA) is 92.5 Å². The van der Waals surface area contributed by atoms with E-state index >= 15 is 0 Å². The van der Waals surface area contributed by atoms with E-state index in [9.17, 15) is 14.4 Å². The average molecular weight is 460 g/mol. The first-order valence-electron chi connectivity index (χ1n) is 11.2. The van der Waals surface area contributed by atoms with Crippen LogP contribution in [0.1, 0.15) is 55.1 Å². The zero-order valence-corrected chi connectivity index (χ0v) is 19.0. The van der Waals surface area contributed by atoms with Gasteiger partial charge in [0.05, 0.1) is 5.56 Å². The van der Waals surface area contributed by atoms with Gasteiger partial charge in [0.1, 0.15) is 11.0 Å². The van der Waals surface area contributed by atoms with Crippen molar-refractivity contribution >= 4 is 34.1 Å². The molecule has 3 aromatic rings. The number of amides is 3. The number of hydrogen-bond acceptors (Lipinski definition) is 4. The number of fused-ring (bicyclic) bond motifs is 2. The SMILES string of the molecule is NC(=O)c1c(NC(=O)C2Cc3ccccc3CN2C(=O)c2ccccc2)sc2c1CCCC2. The molecule has 1 aliphatic heterocycles. The van der Waals surface area contributed by atoms with E-state index in [0.29, 0.717) is 29.1 Å². The van der Waals surface area contributed by atoms with Gasteiger partial charge in [0.25, 0.3) is 11.8 Å². The number of hydrogen-bond donors (Lipinski definition) is 2. The van der Waals surface area contributed by atoms with Crippen molar-refractivity contribution in [1.82, 2.24) is 4.90 Å². The molecule has 2 aliphatic rings. The van der Waals surface area contributed by atoms with Gasteiger partial charge >= 0.3 is 0 Å². The molecule has 1 atom stereocenters. The number of primary amides is 1. The van der Waals surface area contributed by atoms with Crippen LogP contribution in [0.4, 0.5) is 5.00 Å². The standard InChI is InChI=1S/C26H25N3O3S/c27-23(30)22-19-12-6-7-13-21(19)33-25(22)28-24(31)20-14-17-10-4-5-11-18(17)15-29(20)26(32)16-8-2-1-3-9-16/h1-5,8-11,20H,6-7,12-15H2,(H2,27,30)(H,28,31). The van der Waals surface area contributed by atoms with Gasteiger partial charge in [-0.05, 0) is 54.5 Å². The van der Waals surface area contributed by atoms with Crippen LogP contribution in [-0.4, -0.2) is 28.7 Å². The Balaban J connectivity index is 1.48.